The van der Waals surface area contributed by atoms with Gasteiger partial charge in [-0.05, 0) is 0 Å². The summed E-state index contributed by atoms with van der Waals surface area (Å²) in [6.07, 6.45) is 4.90. The van der Waals surface area contributed by atoms with E-state index >= 15 is 0 Å². The summed E-state index contributed by atoms with van der Waals surface area (Å²) in [5, 5.41) is 0. The fraction of sp³-hybridized carbons (Fsp3) is 0.333. The predicted molar refractivity (Wildman–Crippen MR) is 46.9 cm³/mol. The highest BCUT2D eigenvalue weighted by atomic mass is 16.5. The summed E-state index contributed by atoms with van der Waals surface area (Å²) in [6.45, 7) is 6.29. The van der Waals surface area contributed by atoms with E-state index in [0.717, 1.165) is 11.9 Å². The molecule has 0 aliphatic rings. The van der Waals surface area contributed by atoms with Gasteiger partial charge in [0.15, 0.2) is 0 Å². The van der Waals surface area contributed by atoms with Gasteiger partial charge in [0.1, 0.15) is 25.5 Å². The van der Waals surface area contributed by atoms with Crippen molar-refractivity contribution in [1.29, 1.82) is 0 Å². The van der Waals surface area contributed by atoms with Gasteiger partial charge >= 0.3 is 5.97 Å². The first-order valence-electron chi connectivity index (χ1n) is 4.06. The summed E-state index contributed by atoms with van der Waals surface area (Å²) in [7, 11) is 0. The van der Waals surface area contributed by atoms with Gasteiger partial charge in [0.2, 0.25) is 0 Å². The Bertz CT molecular complexity index is 304. The van der Waals surface area contributed by atoms with Crippen molar-refractivity contribution in [3.8, 4) is 0 Å². The van der Waals surface area contributed by atoms with Crippen molar-refractivity contribution >= 4 is 5.97 Å². The van der Waals surface area contributed by atoms with Crippen LogP contribution in [0.5, 0.6) is 0 Å². The number of esters is 1. The van der Waals surface area contributed by atoms with Gasteiger partial charge in [-0.2, -0.15) is 0 Å². The van der Waals surface area contributed by atoms with Crippen molar-refractivity contribution in [2.75, 3.05) is 6.61 Å². The normalized spacial score (nSPS) is 9.62. The minimum Gasteiger partial charge on any atom is -0.458 e. The molecule has 0 amide bonds. The maximum Gasteiger partial charge on any atom is 0.330 e. The molecule has 0 radical (unpaired) electrons. The Balaban J connectivity index is 2.32. The van der Waals surface area contributed by atoms with Crippen molar-refractivity contribution in [2.24, 2.45) is 0 Å². The summed E-state index contributed by atoms with van der Waals surface area (Å²) >= 11 is 0. The van der Waals surface area contributed by atoms with Crippen molar-refractivity contribution in [1.82, 2.24) is 4.98 Å². The zero-order valence-electron chi connectivity index (χ0n) is 7.62. The van der Waals surface area contributed by atoms with E-state index in [4.69, 9.17) is 4.74 Å². The summed E-state index contributed by atoms with van der Waals surface area (Å²) in [4.78, 5) is 13.7. The number of nitrogens with zero attached hydrogens (tertiary/aromatic N) is 1. The molecule has 0 saturated heterocycles. The van der Waals surface area contributed by atoms with Gasteiger partial charge in [0, 0.05) is 13.0 Å². The van der Waals surface area contributed by atoms with Crippen LogP contribution in [0.25, 0.3) is 0 Å². The lowest BCUT2D eigenvalue weighted by molar-refractivity contribution is -0.702. The standard InChI is InChI=1S/C9H12N2O2/c1-3-9(12)13-7-6-11-5-4-10-8(11)2/h3-5H,1,6-7H2,2H3/p+1. The van der Waals surface area contributed by atoms with Crippen LogP contribution in [0.15, 0.2) is 25.0 Å². The zero-order chi connectivity index (χ0) is 9.68. The molecule has 1 aromatic heterocycles. The summed E-state index contributed by atoms with van der Waals surface area (Å²) in [6, 6.07) is 0. The van der Waals surface area contributed by atoms with Crippen LogP contribution in [0.2, 0.25) is 0 Å². The minimum atomic E-state index is -0.381. The molecule has 0 spiro atoms. The van der Waals surface area contributed by atoms with Crippen molar-refractivity contribution in [3.05, 3.63) is 30.9 Å². The van der Waals surface area contributed by atoms with Gasteiger partial charge in [-0.25, -0.2) is 14.3 Å². The van der Waals surface area contributed by atoms with Crippen LogP contribution in [-0.4, -0.2) is 17.6 Å². The van der Waals surface area contributed by atoms with Gasteiger partial charge in [-0.1, -0.05) is 6.58 Å². The van der Waals surface area contributed by atoms with Gasteiger partial charge < -0.3 is 4.74 Å². The average Bonchev–Trinajstić information content (AvgIpc) is 2.52. The SMILES string of the molecule is C=CC(=O)OCC[n+]1cc[nH]c1C. The Morgan fingerprint density at radius 1 is 1.85 bits per heavy atom. The molecule has 4 nitrogen and oxygen atoms in total. The summed E-state index contributed by atoms with van der Waals surface area (Å²) < 4.78 is 6.80. The van der Waals surface area contributed by atoms with Crippen molar-refractivity contribution < 1.29 is 14.1 Å². The van der Waals surface area contributed by atoms with Crippen LogP contribution >= 0.6 is 0 Å². The number of carbonyl (C=O) groups excluding carboxylic acids is 1. The quantitative estimate of drug-likeness (QED) is 0.413. The fourth-order valence-corrected chi connectivity index (χ4v) is 0.988. The number of hydrogen-bond donors (Lipinski definition) is 1. The van der Waals surface area contributed by atoms with E-state index in [1.165, 1.54) is 0 Å². The largest absolute Gasteiger partial charge is 0.458 e. The molecular formula is C9H13N2O2+. The first-order valence-corrected chi connectivity index (χ1v) is 4.06. The smallest absolute Gasteiger partial charge is 0.330 e. The number of hydrogen-bond acceptors (Lipinski definition) is 2. The molecule has 0 atom stereocenters. The highest BCUT2D eigenvalue weighted by Gasteiger charge is 2.04. The monoisotopic (exact) mass is 181 g/mol. The average molecular weight is 181 g/mol. The molecule has 0 fully saturated rings. The molecule has 0 unspecified atom stereocenters. The number of carbonyl (C=O) groups is 1. The third-order valence-electron chi connectivity index (χ3n) is 1.72. The molecule has 0 aliphatic carbocycles. The van der Waals surface area contributed by atoms with Gasteiger partial charge in [0.25, 0.3) is 5.82 Å². The predicted octanol–water partition coefficient (Wildman–Crippen LogP) is 0.340. The number of nitrogens with one attached hydrogen (secondary N) is 1. The number of aromatic nitrogens is 2. The second-order valence-electron chi connectivity index (χ2n) is 2.61. The molecule has 1 rings (SSSR count). The molecule has 1 aromatic rings. The summed E-state index contributed by atoms with van der Waals surface area (Å²) in [5.74, 6) is 0.656. The fourth-order valence-electron chi connectivity index (χ4n) is 0.988. The lowest BCUT2D eigenvalue weighted by Gasteiger charge is -1.99. The van der Waals surface area contributed by atoms with E-state index in [1.54, 1.807) is 0 Å². The number of imidazole rings is 1. The van der Waals surface area contributed by atoms with E-state index in [-0.39, 0.29) is 5.97 Å². The second kappa shape index (κ2) is 4.45. The molecule has 0 saturated carbocycles. The Morgan fingerprint density at radius 2 is 2.62 bits per heavy atom. The van der Waals surface area contributed by atoms with E-state index in [2.05, 4.69) is 11.6 Å². The Morgan fingerprint density at radius 3 is 3.15 bits per heavy atom. The van der Waals surface area contributed by atoms with Crippen LogP contribution in [-0.2, 0) is 16.1 Å². The van der Waals surface area contributed by atoms with Crippen molar-refractivity contribution in [3.63, 3.8) is 0 Å². The van der Waals surface area contributed by atoms with Gasteiger partial charge in [0.05, 0.1) is 0 Å². The number of ether oxygens (including phenoxy) is 1. The van der Waals surface area contributed by atoms with Crippen LogP contribution in [0, 0.1) is 6.92 Å². The number of aryl methyl sites for hydroxylation is 1. The molecule has 0 bridgehead atoms. The first kappa shape index (κ1) is 9.51. The van der Waals surface area contributed by atoms with E-state index < -0.39 is 0 Å². The highest BCUT2D eigenvalue weighted by Crippen LogP contribution is 1.83. The molecule has 70 valence electrons. The maximum atomic E-state index is 10.7. The highest BCUT2D eigenvalue weighted by molar-refractivity contribution is 5.81. The molecule has 0 aliphatic heterocycles. The number of aromatic amines is 1. The van der Waals surface area contributed by atoms with Crippen LogP contribution < -0.4 is 4.57 Å². The molecule has 1 heterocycles. The Labute approximate surface area is 76.8 Å². The third-order valence-corrected chi connectivity index (χ3v) is 1.72. The first-order chi connectivity index (χ1) is 6.24. The third kappa shape index (κ3) is 2.74. The lowest BCUT2D eigenvalue weighted by Crippen LogP contribution is -2.37. The zero-order valence-corrected chi connectivity index (χ0v) is 7.62. The van der Waals surface area contributed by atoms with Crippen LogP contribution in [0.1, 0.15) is 5.82 Å². The molecule has 1 N–H and O–H groups in total. The van der Waals surface area contributed by atoms with Crippen molar-refractivity contribution in [2.45, 2.75) is 13.5 Å². The second-order valence-corrected chi connectivity index (χ2v) is 2.61. The molecule has 0 aromatic carbocycles. The summed E-state index contributed by atoms with van der Waals surface area (Å²) in [5.41, 5.74) is 0. The molecule has 4 heteroatoms. The Kier molecular flexibility index (Phi) is 3.25. The lowest BCUT2D eigenvalue weighted by atomic mass is 10.6. The Hall–Kier alpha value is -1.58. The molecule has 13 heavy (non-hydrogen) atoms. The van der Waals surface area contributed by atoms with Crippen LogP contribution in [0.4, 0.5) is 0 Å². The van der Waals surface area contributed by atoms with E-state index in [0.29, 0.717) is 13.2 Å². The maximum absolute atomic E-state index is 10.7. The van der Waals surface area contributed by atoms with Gasteiger partial charge in [-0.15, -0.1) is 0 Å². The minimum absolute atomic E-state index is 0.369. The number of H-pyrrole nitrogens is 1. The molecular weight excluding hydrogens is 168 g/mol. The van der Waals surface area contributed by atoms with Gasteiger partial charge in [-0.3, -0.25) is 0 Å². The number of rotatable bonds is 4. The topological polar surface area (TPSA) is 46.0 Å². The van der Waals surface area contributed by atoms with E-state index in [9.17, 15) is 4.79 Å². The van der Waals surface area contributed by atoms with E-state index in [1.807, 2.05) is 23.9 Å². The van der Waals surface area contributed by atoms with Crippen LogP contribution in [0.3, 0.4) is 0 Å².